The number of hydrogen-bond acceptors (Lipinski definition) is 1. The molecule has 0 aromatic rings. The van der Waals surface area contributed by atoms with E-state index < -0.39 is 0 Å². The van der Waals surface area contributed by atoms with Gasteiger partial charge in [0, 0.05) is 6.04 Å². The molecule has 0 heterocycles. The zero-order valence-electron chi connectivity index (χ0n) is 8.35. The highest BCUT2D eigenvalue weighted by molar-refractivity contribution is 5.16. The van der Waals surface area contributed by atoms with Crippen LogP contribution >= 0.6 is 0 Å². The van der Waals surface area contributed by atoms with Gasteiger partial charge in [0.25, 0.3) is 0 Å². The molecule has 0 spiro atoms. The van der Waals surface area contributed by atoms with Crippen molar-refractivity contribution in [3.8, 4) is 0 Å². The molecule has 0 aromatic carbocycles. The lowest BCUT2D eigenvalue weighted by molar-refractivity contribution is 0.452. The molecule has 0 bridgehead atoms. The quantitative estimate of drug-likeness (QED) is 0.620. The SMILES string of the molecule is C=C(C)[C@H]1CC=C(C)[C@H](NC)C1. The summed E-state index contributed by atoms with van der Waals surface area (Å²) in [4.78, 5) is 0. The van der Waals surface area contributed by atoms with E-state index in [1.165, 1.54) is 24.0 Å². The Balaban J connectivity index is 2.64. The zero-order chi connectivity index (χ0) is 9.14. The number of nitrogens with one attached hydrogen (secondary N) is 1. The molecule has 1 rings (SSSR count). The van der Waals surface area contributed by atoms with Gasteiger partial charge >= 0.3 is 0 Å². The van der Waals surface area contributed by atoms with Gasteiger partial charge < -0.3 is 5.32 Å². The van der Waals surface area contributed by atoms with Crippen LogP contribution in [0.1, 0.15) is 26.7 Å². The second kappa shape index (κ2) is 3.90. The van der Waals surface area contributed by atoms with Gasteiger partial charge in [0.1, 0.15) is 0 Å². The van der Waals surface area contributed by atoms with Crippen molar-refractivity contribution in [2.75, 3.05) is 7.05 Å². The minimum absolute atomic E-state index is 0.570. The fourth-order valence-electron chi connectivity index (χ4n) is 1.78. The first-order chi connectivity index (χ1) is 5.65. The van der Waals surface area contributed by atoms with Gasteiger partial charge in [-0.2, -0.15) is 0 Å². The molecule has 1 aliphatic carbocycles. The second-order valence-electron chi connectivity index (χ2n) is 3.80. The first kappa shape index (κ1) is 9.53. The average molecular weight is 165 g/mol. The van der Waals surface area contributed by atoms with Crippen molar-refractivity contribution >= 4 is 0 Å². The molecule has 0 aromatic heterocycles. The summed E-state index contributed by atoms with van der Waals surface area (Å²) in [5.41, 5.74) is 2.80. The summed E-state index contributed by atoms with van der Waals surface area (Å²) in [7, 11) is 2.03. The van der Waals surface area contributed by atoms with E-state index in [-0.39, 0.29) is 0 Å². The molecule has 0 unspecified atom stereocenters. The first-order valence-electron chi connectivity index (χ1n) is 4.64. The molecule has 1 heteroatoms. The maximum absolute atomic E-state index is 4.02. The van der Waals surface area contributed by atoms with Crippen molar-refractivity contribution in [3.63, 3.8) is 0 Å². The van der Waals surface area contributed by atoms with Crippen LogP contribution in [0.5, 0.6) is 0 Å². The van der Waals surface area contributed by atoms with Gasteiger partial charge in [-0.25, -0.2) is 0 Å². The topological polar surface area (TPSA) is 12.0 Å². The van der Waals surface area contributed by atoms with Crippen LogP contribution < -0.4 is 5.32 Å². The molecule has 0 fully saturated rings. The van der Waals surface area contributed by atoms with Crippen LogP contribution in [0.25, 0.3) is 0 Å². The van der Waals surface area contributed by atoms with Crippen molar-refractivity contribution in [1.29, 1.82) is 0 Å². The fourth-order valence-corrected chi connectivity index (χ4v) is 1.78. The minimum atomic E-state index is 0.570. The van der Waals surface area contributed by atoms with Crippen LogP contribution in [0.15, 0.2) is 23.8 Å². The Bertz CT molecular complexity index is 203. The monoisotopic (exact) mass is 165 g/mol. The van der Waals surface area contributed by atoms with E-state index in [0.717, 1.165) is 0 Å². The largest absolute Gasteiger partial charge is 0.313 e. The molecule has 0 radical (unpaired) electrons. The van der Waals surface area contributed by atoms with E-state index >= 15 is 0 Å². The maximum Gasteiger partial charge on any atom is 0.0279 e. The predicted octanol–water partition coefficient (Wildman–Crippen LogP) is 2.51. The molecule has 68 valence electrons. The molecule has 0 aliphatic heterocycles. The van der Waals surface area contributed by atoms with E-state index in [4.69, 9.17) is 0 Å². The van der Waals surface area contributed by atoms with Crippen molar-refractivity contribution in [3.05, 3.63) is 23.8 Å². The highest BCUT2D eigenvalue weighted by Gasteiger charge is 2.20. The predicted molar refractivity (Wildman–Crippen MR) is 54.1 cm³/mol. The Hall–Kier alpha value is -0.560. The highest BCUT2D eigenvalue weighted by atomic mass is 14.9. The smallest absolute Gasteiger partial charge is 0.0279 e. The van der Waals surface area contributed by atoms with Gasteiger partial charge in [0.05, 0.1) is 0 Å². The van der Waals surface area contributed by atoms with Crippen molar-refractivity contribution in [2.45, 2.75) is 32.7 Å². The van der Waals surface area contributed by atoms with Gasteiger partial charge in [0.15, 0.2) is 0 Å². The molecular weight excluding hydrogens is 146 g/mol. The van der Waals surface area contributed by atoms with Crippen molar-refractivity contribution < 1.29 is 0 Å². The standard InChI is InChI=1S/C11H19N/c1-8(2)10-6-5-9(3)11(7-10)12-4/h5,10-12H,1,6-7H2,2-4H3/t10-,11+/m0/s1. The third kappa shape index (κ3) is 1.98. The fraction of sp³-hybridized carbons (Fsp3) is 0.636. The molecule has 0 saturated carbocycles. The van der Waals surface area contributed by atoms with Gasteiger partial charge in [-0.15, -0.1) is 0 Å². The van der Waals surface area contributed by atoms with E-state index in [1.54, 1.807) is 0 Å². The van der Waals surface area contributed by atoms with E-state index in [2.05, 4.69) is 31.8 Å². The van der Waals surface area contributed by atoms with Gasteiger partial charge in [-0.3, -0.25) is 0 Å². The van der Waals surface area contributed by atoms with Crippen LogP contribution in [-0.4, -0.2) is 13.1 Å². The summed E-state index contributed by atoms with van der Waals surface area (Å²) >= 11 is 0. The van der Waals surface area contributed by atoms with Crippen LogP contribution in [0.3, 0.4) is 0 Å². The Morgan fingerprint density at radius 2 is 2.33 bits per heavy atom. The van der Waals surface area contributed by atoms with Crippen LogP contribution in [0.2, 0.25) is 0 Å². The van der Waals surface area contributed by atoms with E-state index in [9.17, 15) is 0 Å². The number of allylic oxidation sites excluding steroid dienone is 2. The summed E-state index contributed by atoms with van der Waals surface area (Å²) < 4.78 is 0. The van der Waals surface area contributed by atoms with E-state index in [1.807, 2.05) is 7.05 Å². The van der Waals surface area contributed by atoms with Crippen LogP contribution in [0.4, 0.5) is 0 Å². The third-order valence-electron chi connectivity index (χ3n) is 2.84. The Kier molecular flexibility index (Phi) is 3.10. The van der Waals surface area contributed by atoms with Gasteiger partial charge in [-0.05, 0) is 39.7 Å². The van der Waals surface area contributed by atoms with Gasteiger partial charge in [-0.1, -0.05) is 23.8 Å². The second-order valence-corrected chi connectivity index (χ2v) is 3.80. The number of likely N-dealkylation sites (N-methyl/N-ethyl adjacent to an activating group) is 1. The van der Waals surface area contributed by atoms with Crippen molar-refractivity contribution in [2.24, 2.45) is 5.92 Å². The summed E-state index contributed by atoms with van der Waals surface area (Å²) in [6.07, 6.45) is 4.73. The first-order valence-corrected chi connectivity index (χ1v) is 4.64. The molecule has 0 amide bonds. The summed E-state index contributed by atoms with van der Waals surface area (Å²) in [6.45, 7) is 8.35. The summed E-state index contributed by atoms with van der Waals surface area (Å²) in [6, 6.07) is 0.570. The molecule has 2 atom stereocenters. The lowest BCUT2D eigenvalue weighted by Crippen LogP contribution is -2.31. The Morgan fingerprint density at radius 3 is 2.83 bits per heavy atom. The highest BCUT2D eigenvalue weighted by Crippen LogP contribution is 2.27. The molecule has 12 heavy (non-hydrogen) atoms. The lowest BCUT2D eigenvalue weighted by Gasteiger charge is -2.28. The van der Waals surface area contributed by atoms with Gasteiger partial charge in [0.2, 0.25) is 0 Å². The zero-order valence-corrected chi connectivity index (χ0v) is 8.35. The normalized spacial score (nSPS) is 29.8. The molecule has 1 N–H and O–H groups in total. The molecule has 1 aliphatic rings. The molecule has 1 nitrogen and oxygen atoms in total. The number of hydrogen-bond donors (Lipinski definition) is 1. The summed E-state index contributed by atoms with van der Waals surface area (Å²) in [5.74, 6) is 0.686. The maximum atomic E-state index is 4.02. The lowest BCUT2D eigenvalue weighted by atomic mass is 9.83. The van der Waals surface area contributed by atoms with Crippen molar-refractivity contribution in [1.82, 2.24) is 5.32 Å². The minimum Gasteiger partial charge on any atom is -0.313 e. The van der Waals surface area contributed by atoms with Crippen LogP contribution in [0, 0.1) is 5.92 Å². The van der Waals surface area contributed by atoms with E-state index in [0.29, 0.717) is 12.0 Å². The van der Waals surface area contributed by atoms with Crippen LogP contribution in [-0.2, 0) is 0 Å². The average Bonchev–Trinajstić information content (AvgIpc) is 2.05. The number of rotatable bonds is 2. The Labute approximate surface area is 75.6 Å². The third-order valence-corrected chi connectivity index (χ3v) is 2.84. The Morgan fingerprint density at radius 1 is 1.67 bits per heavy atom. The molecular formula is C11H19N. The summed E-state index contributed by atoms with van der Waals surface area (Å²) in [5, 5.41) is 3.33. The molecule has 0 saturated heterocycles.